The van der Waals surface area contributed by atoms with E-state index in [2.05, 4.69) is 46.6 Å². The largest absolute Gasteiger partial charge is 0.481 e. The number of amides is 1. The van der Waals surface area contributed by atoms with Gasteiger partial charge in [0.25, 0.3) is 5.91 Å². The van der Waals surface area contributed by atoms with E-state index in [1.165, 1.54) is 17.7 Å². The van der Waals surface area contributed by atoms with Gasteiger partial charge in [-0.05, 0) is 61.1 Å². The van der Waals surface area contributed by atoms with Crippen LogP contribution in [-0.4, -0.2) is 30.6 Å². The number of hydrogen-bond donors (Lipinski definition) is 1. The van der Waals surface area contributed by atoms with Gasteiger partial charge in [-0.1, -0.05) is 54.6 Å². The highest BCUT2D eigenvalue weighted by Gasteiger charge is 2.21. The maximum Gasteiger partial charge on any atom is 0.262 e. The Labute approximate surface area is 204 Å². The number of aromatic nitrogens is 1. The minimum absolute atomic E-state index is 0.134. The van der Waals surface area contributed by atoms with E-state index in [0.29, 0.717) is 11.7 Å². The molecule has 0 unspecified atom stereocenters. The molecule has 5 nitrogen and oxygen atoms in total. The second-order valence-electron chi connectivity index (χ2n) is 8.93. The number of para-hydroxylation sites is 2. The van der Waals surface area contributed by atoms with Gasteiger partial charge >= 0.3 is 0 Å². The number of piperidine rings is 1. The second kappa shape index (κ2) is 10.6. The summed E-state index contributed by atoms with van der Waals surface area (Å²) in [5.41, 5.74) is 2.25. The zero-order valence-corrected chi connectivity index (χ0v) is 19.5. The lowest BCUT2D eigenvalue weighted by Crippen LogP contribution is -2.34. The molecule has 0 spiro atoms. The number of carbonyl (C=O) groups excluding carboxylic acids is 1. The highest BCUT2D eigenvalue weighted by Crippen LogP contribution is 2.29. The summed E-state index contributed by atoms with van der Waals surface area (Å²) in [6.45, 7) is 1.69. The van der Waals surface area contributed by atoms with Gasteiger partial charge in [-0.3, -0.25) is 4.79 Å². The van der Waals surface area contributed by atoms with Crippen molar-refractivity contribution in [2.24, 2.45) is 5.92 Å². The molecule has 0 aliphatic carbocycles. The molecule has 1 N–H and O–H groups in total. The van der Waals surface area contributed by atoms with Gasteiger partial charge in [0, 0.05) is 18.5 Å². The normalized spacial score (nSPS) is 14.1. The number of carbonyl (C=O) groups is 1. The number of hydrogen-bond acceptors (Lipinski definition) is 4. The number of halogens is 1. The molecule has 35 heavy (non-hydrogen) atoms. The maximum atomic E-state index is 13.8. The fraction of sp³-hybridized carbons (Fsp3) is 0.241. The van der Waals surface area contributed by atoms with Crippen LogP contribution in [0.4, 0.5) is 15.9 Å². The fourth-order valence-corrected chi connectivity index (χ4v) is 4.61. The third-order valence-corrected chi connectivity index (χ3v) is 6.48. The predicted molar refractivity (Wildman–Crippen MR) is 137 cm³/mol. The third-order valence-electron chi connectivity index (χ3n) is 6.48. The van der Waals surface area contributed by atoms with E-state index in [1.54, 1.807) is 12.1 Å². The quantitative estimate of drug-likeness (QED) is 0.369. The first-order chi connectivity index (χ1) is 17.2. The highest BCUT2D eigenvalue weighted by molar-refractivity contribution is 5.92. The molecule has 4 aromatic rings. The first kappa shape index (κ1) is 22.8. The second-order valence-corrected chi connectivity index (χ2v) is 8.93. The van der Waals surface area contributed by atoms with Crippen molar-refractivity contribution in [3.05, 3.63) is 96.3 Å². The van der Waals surface area contributed by atoms with Gasteiger partial charge in [-0.15, -0.1) is 0 Å². The average molecular weight is 470 g/mol. The summed E-state index contributed by atoms with van der Waals surface area (Å²) in [6, 6.07) is 26.5. The van der Waals surface area contributed by atoms with Gasteiger partial charge < -0.3 is 15.0 Å². The molecule has 1 amide bonds. The average Bonchev–Trinajstić information content (AvgIpc) is 2.89. The molecule has 2 heterocycles. The van der Waals surface area contributed by atoms with Gasteiger partial charge in [0.1, 0.15) is 22.9 Å². The van der Waals surface area contributed by atoms with Crippen molar-refractivity contribution in [1.29, 1.82) is 0 Å². The number of anilines is 2. The van der Waals surface area contributed by atoms with Crippen LogP contribution in [0.2, 0.25) is 0 Å². The molecular weight excluding hydrogens is 441 g/mol. The minimum Gasteiger partial charge on any atom is -0.481 e. The van der Waals surface area contributed by atoms with Crippen LogP contribution in [0.3, 0.4) is 0 Å². The summed E-state index contributed by atoms with van der Waals surface area (Å²) in [5, 5.41) is 3.49. The number of rotatable bonds is 7. The number of nitrogens with zero attached hydrogens (tertiary/aromatic N) is 2. The van der Waals surface area contributed by atoms with Crippen molar-refractivity contribution in [2.45, 2.75) is 19.3 Å². The zero-order chi connectivity index (χ0) is 24.0. The van der Waals surface area contributed by atoms with Gasteiger partial charge in [0.2, 0.25) is 0 Å². The molecule has 1 aliphatic heterocycles. The molecular formula is C29H28FN3O2. The highest BCUT2D eigenvalue weighted by atomic mass is 19.1. The van der Waals surface area contributed by atoms with E-state index in [1.807, 2.05) is 24.3 Å². The van der Waals surface area contributed by atoms with E-state index in [0.717, 1.165) is 49.1 Å². The lowest BCUT2D eigenvalue weighted by Gasteiger charge is -2.33. The lowest BCUT2D eigenvalue weighted by molar-refractivity contribution is -0.118. The standard InChI is InChI=1S/C29H28FN3O2/c30-24-10-4-5-11-25(24)31-28(34)20-35-26-12-6-9-23-13-14-27(32-29(23)26)33-17-15-22(16-18-33)19-21-7-2-1-3-8-21/h1-14,22H,15-20H2,(H,31,34). The third kappa shape index (κ3) is 5.60. The molecule has 1 fully saturated rings. The van der Waals surface area contributed by atoms with Crippen molar-refractivity contribution in [1.82, 2.24) is 4.98 Å². The Kier molecular flexibility index (Phi) is 6.89. The molecule has 5 rings (SSSR count). The number of nitrogens with one attached hydrogen (secondary N) is 1. The van der Waals surface area contributed by atoms with Crippen LogP contribution in [0.5, 0.6) is 5.75 Å². The van der Waals surface area contributed by atoms with Gasteiger partial charge in [-0.25, -0.2) is 9.37 Å². The molecule has 0 bridgehead atoms. The van der Waals surface area contributed by atoms with Gasteiger partial charge in [-0.2, -0.15) is 0 Å². The number of pyridine rings is 1. The Morgan fingerprint density at radius 1 is 0.943 bits per heavy atom. The fourth-order valence-electron chi connectivity index (χ4n) is 4.61. The molecule has 178 valence electrons. The molecule has 0 radical (unpaired) electrons. The number of ether oxygens (including phenoxy) is 1. The summed E-state index contributed by atoms with van der Waals surface area (Å²) in [4.78, 5) is 19.5. The van der Waals surface area contributed by atoms with Crippen molar-refractivity contribution in [3.8, 4) is 5.75 Å². The first-order valence-corrected chi connectivity index (χ1v) is 12.0. The van der Waals surface area contributed by atoms with Crippen LogP contribution >= 0.6 is 0 Å². The molecule has 0 saturated carbocycles. The summed E-state index contributed by atoms with van der Waals surface area (Å²) in [6.07, 6.45) is 3.37. The van der Waals surface area contributed by atoms with E-state index in [4.69, 9.17) is 9.72 Å². The zero-order valence-electron chi connectivity index (χ0n) is 19.5. The Bertz CT molecular complexity index is 1300. The molecule has 3 aromatic carbocycles. The number of fused-ring (bicyclic) bond motifs is 1. The smallest absolute Gasteiger partial charge is 0.262 e. The van der Waals surface area contributed by atoms with Crippen LogP contribution in [0.1, 0.15) is 18.4 Å². The summed E-state index contributed by atoms with van der Waals surface area (Å²) >= 11 is 0. The number of benzene rings is 3. The van der Waals surface area contributed by atoms with Crippen molar-refractivity contribution in [3.63, 3.8) is 0 Å². The van der Waals surface area contributed by atoms with E-state index >= 15 is 0 Å². The molecule has 1 aromatic heterocycles. The Morgan fingerprint density at radius 2 is 1.71 bits per heavy atom. The van der Waals surface area contributed by atoms with Crippen molar-refractivity contribution < 1.29 is 13.9 Å². The first-order valence-electron chi connectivity index (χ1n) is 12.0. The lowest BCUT2D eigenvalue weighted by atomic mass is 9.90. The summed E-state index contributed by atoms with van der Waals surface area (Å²) in [5.74, 6) is 1.23. The summed E-state index contributed by atoms with van der Waals surface area (Å²) < 4.78 is 19.6. The Balaban J connectivity index is 1.23. The monoisotopic (exact) mass is 469 g/mol. The van der Waals surface area contributed by atoms with E-state index in [9.17, 15) is 9.18 Å². The predicted octanol–water partition coefficient (Wildman–Crippen LogP) is 5.85. The van der Waals surface area contributed by atoms with Crippen molar-refractivity contribution >= 4 is 28.3 Å². The van der Waals surface area contributed by atoms with Crippen LogP contribution in [0, 0.1) is 11.7 Å². The maximum absolute atomic E-state index is 13.8. The van der Waals surface area contributed by atoms with Gasteiger partial charge in [0.05, 0.1) is 5.69 Å². The Hall–Kier alpha value is -3.93. The molecule has 6 heteroatoms. The topological polar surface area (TPSA) is 54.5 Å². The van der Waals surface area contributed by atoms with Gasteiger partial charge in [0.15, 0.2) is 6.61 Å². The summed E-state index contributed by atoms with van der Waals surface area (Å²) in [7, 11) is 0. The van der Waals surface area contributed by atoms with Crippen molar-refractivity contribution in [2.75, 3.05) is 29.9 Å². The van der Waals surface area contributed by atoms with E-state index in [-0.39, 0.29) is 12.3 Å². The molecule has 1 aliphatic rings. The van der Waals surface area contributed by atoms with Crippen LogP contribution in [0.25, 0.3) is 10.9 Å². The minimum atomic E-state index is -0.482. The molecule has 1 saturated heterocycles. The Morgan fingerprint density at radius 3 is 2.51 bits per heavy atom. The molecule has 0 atom stereocenters. The SMILES string of the molecule is O=C(COc1cccc2ccc(N3CCC(Cc4ccccc4)CC3)nc12)Nc1ccccc1F. The van der Waals surface area contributed by atoms with Crippen LogP contribution in [-0.2, 0) is 11.2 Å². The van der Waals surface area contributed by atoms with Crippen LogP contribution in [0.15, 0.2) is 84.9 Å². The van der Waals surface area contributed by atoms with E-state index < -0.39 is 11.7 Å². The van der Waals surface area contributed by atoms with Crippen LogP contribution < -0.4 is 15.0 Å².